The van der Waals surface area contributed by atoms with Gasteiger partial charge < -0.3 is 5.32 Å². The molecule has 0 bridgehead atoms. The van der Waals surface area contributed by atoms with Crippen molar-refractivity contribution in [3.05, 3.63) is 64.2 Å². The van der Waals surface area contributed by atoms with E-state index in [1.54, 1.807) is 0 Å². The maximum absolute atomic E-state index is 12.1. The van der Waals surface area contributed by atoms with Crippen LogP contribution in [-0.2, 0) is 16.6 Å². The van der Waals surface area contributed by atoms with Crippen molar-refractivity contribution in [1.82, 2.24) is 0 Å². The fourth-order valence-electron chi connectivity index (χ4n) is 2.38. The van der Waals surface area contributed by atoms with Gasteiger partial charge in [0, 0.05) is 17.1 Å². The Labute approximate surface area is 143 Å². The molecule has 1 amide bonds. The van der Waals surface area contributed by atoms with Gasteiger partial charge in [-0.3, -0.25) is 4.79 Å². The summed E-state index contributed by atoms with van der Waals surface area (Å²) in [5.41, 5.74) is 4.32. The van der Waals surface area contributed by atoms with E-state index in [0.717, 1.165) is 17.7 Å². The third-order valence-electron chi connectivity index (χ3n) is 4.00. The number of nitrogens with one attached hydrogen (secondary N) is 1. The summed E-state index contributed by atoms with van der Waals surface area (Å²) in [6.45, 7) is 8.50. The Morgan fingerprint density at radius 3 is 2.35 bits per heavy atom. The molecule has 1 N–H and O–H groups in total. The van der Waals surface area contributed by atoms with E-state index in [4.69, 9.17) is 11.6 Å². The number of hydrogen-bond acceptors (Lipinski definition) is 1. The second kappa shape index (κ2) is 7.18. The molecule has 3 heteroatoms. The Morgan fingerprint density at radius 1 is 1.09 bits per heavy atom. The number of amides is 1. The summed E-state index contributed by atoms with van der Waals surface area (Å²) in [6.07, 6.45) is 1.19. The van der Waals surface area contributed by atoms with Crippen LogP contribution in [0.3, 0.4) is 0 Å². The molecule has 0 fully saturated rings. The van der Waals surface area contributed by atoms with Gasteiger partial charge in [-0.05, 0) is 47.6 Å². The number of aryl methyl sites for hydroxylation is 1. The van der Waals surface area contributed by atoms with E-state index >= 15 is 0 Å². The summed E-state index contributed by atoms with van der Waals surface area (Å²) in [7, 11) is 0. The van der Waals surface area contributed by atoms with Gasteiger partial charge in [0.1, 0.15) is 0 Å². The SMILES string of the molecule is Cc1c(Cl)cccc1NC(=O)CCc1ccc(C(C)(C)C)cc1. The Morgan fingerprint density at radius 2 is 1.74 bits per heavy atom. The van der Waals surface area contributed by atoms with Crippen molar-refractivity contribution in [2.75, 3.05) is 5.32 Å². The molecule has 0 atom stereocenters. The normalized spacial score (nSPS) is 11.3. The molecule has 23 heavy (non-hydrogen) atoms. The Balaban J connectivity index is 1.93. The van der Waals surface area contributed by atoms with E-state index in [1.165, 1.54) is 11.1 Å². The van der Waals surface area contributed by atoms with Crippen LogP contribution in [0.15, 0.2) is 42.5 Å². The summed E-state index contributed by atoms with van der Waals surface area (Å²) in [5, 5.41) is 3.60. The van der Waals surface area contributed by atoms with Crippen molar-refractivity contribution in [2.24, 2.45) is 0 Å². The van der Waals surface area contributed by atoms with Gasteiger partial charge in [-0.15, -0.1) is 0 Å². The predicted molar refractivity (Wildman–Crippen MR) is 98.3 cm³/mol. The topological polar surface area (TPSA) is 29.1 Å². The van der Waals surface area contributed by atoms with Gasteiger partial charge >= 0.3 is 0 Å². The molecule has 0 aliphatic heterocycles. The lowest BCUT2D eigenvalue weighted by molar-refractivity contribution is -0.116. The molecule has 0 spiro atoms. The van der Waals surface area contributed by atoms with Crippen molar-refractivity contribution >= 4 is 23.2 Å². The van der Waals surface area contributed by atoms with Crippen LogP contribution in [0.4, 0.5) is 5.69 Å². The fraction of sp³-hybridized carbons (Fsp3) is 0.350. The number of benzene rings is 2. The number of rotatable bonds is 4. The maximum atomic E-state index is 12.1. The first-order valence-corrected chi connectivity index (χ1v) is 8.29. The third-order valence-corrected chi connectivity index (χ3v) is 4.41. The average Bonchev–Trinajstić information content (AvgIpc) is 2.49. The minimum Gasteiger partial charge on any atom is -0.326 e. The zero-order valence-corrected chi connectivity index (χ0v) is 15.0. The largest absolute Gasteiger partial charge is 0.326 e. The van der Waals surface area contributed by atoms with E-state index in [0.29, 0.717) is 11.4 Å². The summed E-state index contributed by atoms with van der Waals surface area (Å²) < 4.78 is 0. The highest BCUT2D eigenvalue weighted by Gasteiger charge is 2.13. The van der Waals surface area contributed by atoms with Crippen LogP contribution in [0.25, 0.3) is 0 Å². The number of anilines is 1. The van der Waals surface area contributed by atoms with Crippen molar-refractivity contribution in [1.29, 1.82) is 0 Å². The first kappa shape index (κ1) is 17.6. The van der Waals surface area contributed by atoms with Crippen LogP contribution >= 0.6 is 11.6 Å². The van der Waals surface area contributed by atoms with Crippen LogP contribution < -0.4 is 5.32 Å². The molecular formula is C20H24ClNO. The Hall–Kier alpha value is -1.80. The van der Waals surface area contributed by atoms with Crippen LogP contribution in [0, 0.1) is 6.92 Å². The highest BCUT2D eigenvalue weighted by Crippen LogP contribution is 2.24. The average molecular weight is 330 g/mol. The van der Waals surface area contributed by atoms with Gasteiger partial charge in [-0.25, -0.2) is 0 Å². The van der Waals surface area contributed by atoms with Gasteiger partial charge in [-0.1, -0.05) is 62.7 Å². The van der Waals surface area contributed by atoms with Gasteiger partial charge in [0.25, 0.3) is 0 Å². The number of carbonyl (C=O) groups excluding carboxylic acids is 1. The molecule has 0 aliphatic carbocycles. The molecule has 0 unspecified atom stereocenters. The lowest BCUT2D eigenvalue weighted by Crippen LogP contribution is -2.13. The Bertz CT molecular complexity index is 684. The number of hydrogen-bond donors (Lipinski definition) is 1. The van der Waals surface area contributed by atoms with E-state index in [-0.39, 0.29) is 11.3 Å². The van der Waals surface area contributed by atoms with Gasteiger partial charge in [0.15, 0.2) is 0 Å². The first-order chi connectivity index (χ1) is 10.8. The number of halogens is 1. The molecule has 2 nitrogen and oxygen atoms in total. The molecule has 2 aromatic rings. The molecule has 0 saturated heterocycles. The molecule has 0 aromatic heterocycles. The van der Waals surface area contributed by atoms with E-state index in [2.05, 4.69) is 50.4 Å². The monoisotopic (exact) mass is 329 g/mol. The summed E-state index contributed by atoms with van der Waals surface area (Å²) in [6, 6.07) is 14.1. The molecule has 0 saturated carbocycles. The molecule has 122 valence electrons. The first-order valence-electron chi connectivity index (χ1n) is 7.92. The summed E-state index contributed by atoms with van der Waals surface area (Å²) in [5.74, 6) is 0.00950. The highest BCUT2D eigenvalue weighted by atomic mass is 35.5. The molecular weight excluding hydrogens is 306 g/mol. The van der Waals surface area contributed by atoms with E-state index in [1.807, 2.05) is 25.1 Å². The van der Waals surface area contributed by atoms with Crippen molar-refractivity contribution < 1.29 is 4.79 Å². The molecule has 0 aliphatic rings. The van der Waals surface area contributed by atoms with Gasteiger partial charge in [0.2, 0.25) is 5.91 Å². The molecule has 0 radical (unpaired) electrons. The minimum atomic E-state index is 0.00950. The Kier molecular flexibility index (Phi) is 5.48. The smallest absolute Gasteiger partial charge is 0.224 e. The van der Waals surface area contributed by atoms with Gasteiger partial charge in [-0.2, -0.15) is 0 Å². The lowest BCUT2D eigenvalue weighted by Gasteiger charge is -2.19. The van der Waals surface area contributed by atoms with Crippen LogP contribution in [-0.4, -0.2) is 5.91 Å². The van der Waals surface area contributed by atoms with Crippen LogP contribution in [0.5, 0.6) is 0 Å². The van der Waals surface area contributed by atoms with Crippen molar-refractivity contribution in [3.8, 4) is 0 Å². The highest BCUT2D eigenvalue weighted by molar-refractivity contribution is 6.31. The van der Waals surface area contributed by atoms with Crippen molar-refractivity contribution in [2.45, 2.75) is 46.0 Å². The van der Waals surface area contributed by atoms with Crippen LogP contribution in [0.1, 0.15) is 43.9 Å². The molecule has 0 heterocycles. The molecule has 2 aromatic carbocycles. The lowest BCUT2D eigenvalue weighted by atomic mass is 9.86. The fourth-order valence-corrected chi connectivity index (χ4v) is 2.56. The third kappa shape index (κ3) is 4.84. The van der Waals surface area contributed by atoms with E-state index < -0.39 is 0 Å². The van der Waals surface area contributed by atoms with Crippen molar-refractivity contribution in [3.63, 3.8) is 0 Å². The summed E-state index contributed by atoms with van der Waals surface area (Å²) >= 11 is 6.07. The van der Waals surface area contributed by atoms with Gasteiger partial charge in [0.05, 0.1) is 0 Å². The zero-order valence-electron chi connectivity index (χ0n) is 14.2. The quantitative estimate of drug-likeness (QED) is 0.786. The summed E-state index contributed by atoms with van der Waals surface area (Å²) in [4.78, 5) is 12.1. The number of carbonyl (C=O) groups is 1. The standard InChI is InChI=1S/C20H24ClNO/c1-14-17(21)6-5-7-18(14)22-19(23)13-10-15-8-11-16(12-9-15)20(2,3)4/h5-9,11-12H,10,13H2,1-4H3,(H,22,23). The second-order valence-electron chi connectivity index (χ2n) is 6.91. The predicted octanol–water partition coefficient (Wildman–Crippen LogP) is 5.52. The van der Waals surface area contributed by atoms with Crippen LogP contribution in [0.2, 0.25) is 5.02 Å². The maximum Gasteiger partial charge on any atom is 0.224 e. The minimum absolute atomic E-state index is 0.00950. The van der Waals surface area contributed by atoms with E-state index in [9.17, 15) is 4.79 Å². The zero-order chi connectivity index (χ0) is 17.0. The second-order valence-corrected chi connectivity index (χ2v) is 7.31. The molecule has 2 rings (SSSR count).